The van der Waals surface area contributed by atoms with E-state index in [0.717, 1.165) is 18.4 Å². The molecule has 0 radical (unpaired) electrons. The summed E-state index contributed by atoms with van der Waals surface area (Å²) in [6.45, 7) is 6.27. The highest BCUT2D eigenvalue weighted by Gasteiger charge is 2.27. The van der Waals surface area contributed by atoms with Gasteiger partial charge in [-0.15, -0.1) is 0 Å². The molecule has 27 heavy (non-hydrogen) atoms. The van der Waals surface area contributed by atoms with E-state index in [1.807, 2.05) is 45.0 Å². The van der Waals surface area contributed by atoms with Crippen molar-refractivity contribution in [1.82, 2.24) is 5.32 Å². The van der Waals surface area contributed by atoms with E-state index < -0.39 is 5.54 Å². The number of hydrogen-bond donors (Lipinski definition) is 4. The number of hydrogen-bond acceptors (Lipinski definition) is 3. The van der Waals surface area contributed by atoms with Crippen LogP contribution in [0.15, 0.2) is 48.5 Å². The Morgan fingerprint density at radius 2 is 1.67 bits per heavy atom. The maximum Gasteiger partial charge on any atom is 0.323 e. The van der Waals surface area contributed by atoms with Gasteiger partial charge in [0.25, 0.3) is 5.91 Å². The fourth-order valence-electron chi connectivity index (χ4n) is 2.78. The Kier molecular flexibility index (Phi) is 6.96. The minimum absolute atomic E-state index is 0.198. The second-order valence-corrected chi connectivity index (χ2v) is 6.62. The van der Waals surface area contributed by atoms with E-state index in [1.165, 1.54) is 0 Å². The molecule has 0 atom stereocenters. The average molecular weight is 368 g/mol. The zero-order valence-corrected chi connectivity index (χ0v) is 16.1. The van der Waals surface area contributed by atoms with Gasteiger partial charge >= 0.3 is 6.03 Å². The first kappa shape index (κ1) is 20.5. The summed E-state index contributed by atoms with van der Waals surface area (Å²) in [5, 5.41) is 8.61. The first-order valence-corrected chi connectivity index (χ1v) is 9.19. The SMILES string of the molecule is CCC(CC)(CN)NC(=O)c1ccc(C)c(NC(=O)Nc2ccccc2)c1. The van der Waals surface area contributed by atoms with Crippen LogP contribution in [0.25, 0.3) is 0 Å². The Hall–Kier alpha value is -2.86. The summed E-state index contributed by atoms with van der Waals surface area (Å²) < 4.78 is 0. The molecule has 0 aliphatic rings. The van der Waals surface area contributed by atoms with Gasteiger partial charge in [-0.1, -0.05) is 38.1 Å². The first-order valence-electron chi connectivity index (χ1n) is 9.19. The number of nitrogens with one attached hydrogen (secondary N) is 3. The van der Waals surface area contributed by atoms with Crippen molar-refractivity contribution >= 4 is 23.3 Å². The number of carbonyl (C=O) groups excluding carboxylic acids is 2. The van der Waals surface area contributed by atoms with Gasteiger partial charge < -0.3 is 21.7 Å². The largest absolute Gasteiger partial charge is 0.345 e. The number of aryl methyl sites for hydroxylation is 1. The molecule has 0 heterocycles. The average Bonchev–Trinajstić information content (AvgIpc) is 2.68. The summed E-state index contributed by atoms with van der Waals surface area (Å²) in [6, 6.07) is 14.1. The highest BCUT2D eigenvalue weighted by Crippen LogP contribution is 2.20. The molecule has 0 aromatic heterocycles. The normalized spacial score (nSPS) is 11.0. The molecule has 6 nitrogen and oxygen atoms in total. The van der Waals surface area contributed by atoms with Gasteiger partial charge in [0.1, 0.15) is 0 Å². The fourth-order valence-corrected chi connectivity index (χ4v) is 2.78. The molecule has 0 spiro atoms. The molecule has 0 aliphatic heterocycles. The van der Waals surface area contributed by atoms with Crippen molar-refractivity contribution in [2.24, 2.45) is 5.73 Å². The third-order valence-corrected chi connectivity index (χ3v) is 4.90. The van der Waals surface area contributed by atoms with Gasteiger partial charge in [-0.25, -0.2) is 4.79 Å². The van der Waals surface area contributed by atoms with E-state index in [4.69, 9.17) is 5.73 Å². The summed E-state index contributed by atoms with van der Waals surface area (Å²) in [5.41, 5.74) is 8.08. The van der Waals surface area contributed by atoms with Crippen LogP contribution in [0.2, 0.25) is 0 Å². The molecule has 3 amide bonds. The fraction of sp³-hybridized carbons (Fsp3) is 0.333. The molecular formula is C21H28N4O2. The zero-order chi connectivity index (χ0) is 19.9. The van der Waals surface area contributed by atoms with Crippen molar-refractivity contribution in [3.05, 3.63) is 59.7 Å². The van der Waals surface area contributed by atoms with Gasteiger partial charge in [-0.3, -0.25) is 4.79 Å². The molecule has 6 heteroatoms. The standard InChI is InChI=1S/C21H28N4O2/c1-4-21(5-2,14-22)25-19(26)16-12-11-15(3)18(13-16)24-20(27)23-17-9-7-6-8-10-17/h6-13H,4-5,14,22H2,1-3H3,(H,25,26)(H2,23,24,27). The topological polar surface area (TPSA) is 96.2 Å². The second kappa shape index (κ2) is 9.19. The molecule has 0 bridgehead atoms. The number of urea groups is 1. The van der Waals surface area contributed by atoms with Crippen molar-refractivity contribution in [1.29, 1.82) is 0 Å². The molecule has 2 aromatic rings. The Morgan fingerprint density at radius 3 is 2.26 bits per heavy atom. The number of nitrogens with two attached hydrogens (primary N) is 1. The van der Waals surface area contributed by atoms with E-state index in [9.17, 15) is 9.59 Å². The van der Waals surface area contributed by atoms with E-state index in [1.54, 1.807) is 24.3 Å². The summed E-state index contributed by atoms with van der Waals surface area (Å²) in [6.07, 6.45) is 1.50. The van der Waals surface area contributed by atoms with Gasteiger partial charge in [0, 0.05) is 23.5 Å². The molecule has 144 valence electrons. The van der Waals surface area contributed by atoms with Crippen molar-refractivity contribution in [3.63, 3.8) is 0 Å². The summed E-state index contributed by atoms with van der Waals surface area (Å²) in [5.74, 6) is -0.198. The van der Waals surface area contributed by atoms with E-state index in [0.29, 0.717) is 23.5 Å². The molecule has 0 saturated heterocycles. The number of anilines is 2. The Labute approximate surface area is 160 Å². The van der Waals surface area contributed by atoms with Crippen molar-refractivity contribution in [2.75, 3.05) is 17.2 Å². The van der Waals surface area contributed by atoms with Crippen LogP contribution in [-0.4, -0.2) is 24.0 Å². The smallest absolute Gasteiger partial charge is 0.323 e. The third-order valence-electron chi connectivity index (χ3n) is 4.90. The molecular weight excluding hydrogens is 340 g/mol. The monoisotopic (exact) mass is 368 g/mol. The lowest BCUT2D eigenvalue weighted by atomic mass is 9.92. The van der Waals surface area contributed by atoms with Crippen LogP contribution in [0.4, 0.5) is 16.2 Å². The van der Waals surface area contributed by atoms with Crippen molar-refractivity contribution < 1.29 is 9.59 Å². The number of para-hydroxylation sites is 1. The Balaban J connectivity index is 2.13. The lowest BCUT2D eigenvalue weighted by molar-refractivity contribution is 0.0895. The third kappa shape index (κ3) is 5.31. The maximum absolute atomic E-state index is 12.7. The van der Waals surface area contributed by atoms with Gasteiger partial charge in [0.05, 0.1) is 5.54 Å². The molecule has 2 rings (SSSR count). The predicted octanol–water partition coefficient (Wildman–Crippen LogP) is 3.89. The molecule has 0 saturated carbocycles. The van der Waals surface area contributed by atoms with Crippen LogP contribution in [0, 0.1) is 6.92 Å². The van der Waals surface area contributed by atoms with E-state index in [-0.39, 0.29) is 11.9 Å². The van der Waals surface area contributed by atoms with Crippen LogP contribution >= 0.6 is 0 Å². The Bertz CT molecular complexity index is 778. The first-order chi connectivity index (χ1) is 12.9. The highest BCUT2D eigenvalue weighted by atomic mass is 16.2. The Morgan fingerprint density at radius 1 is 1.00 bits per heavy atom. The number of carbonyl (C=O) groups is 2. The van der Waals surface area contributed by atoms with E-state index in [2.05, 4.69) is 16.0 Å². The number of benzene rings is 2. The summed E-state index contributed by atoms with van der Waals surface area (Å²) in [4.78, 5) is 24.9. The van der Waals surface area contributed by atoms with Gasteiger partial charge in [0.2, 0.25) is 0 Å². The van der Waals surface area contributed by atoms with Crippen LogP contribution < -0.4 is 21.7 Å². The lowest BCUT2D eigenvalue weighted by Gasteiger charge is -2.31. The summed E-state index contributed by atoms with van der Waals surface area (Å²) >= 11 is 0. The van der Waals surface area contributed by atoms with Crippen LogP contribution in [0.3, 0.4) is 0 Å². The summed E-state index contributed by atoms with van der Waals surface area (Å²) in [7, 11) is 0. The van der Waals surface area contributed by atoms with Gasteiger partial charge in [-0.05, 0) is 49.6 Å². The number of amides is 3. The maximum atomic E-state index is 12.7. The molecule has 0 fully saturated rings. The highest BCUT2D eigenvalue weighted by molar-refractivity contribution is 6.02. The van der Waals surface area contributed by atoms with Crippen molar-refractivity contribution in [2.45, 2.75) is 39.2 Å². The van der Waals surface area contributed by atoms with Gasteiger partial charge in [-0.2, -0.15) is 0 Å². The molecule has 0 aliphatic carbocycles. The van der Waals surface area contributed by atoms with Crippen LogP contribution in [-0.2, 0) is 0 Å². The van der Waals surface area contributed by atoms with Crippen molar-refractivity contribution in [3.8, 4) is 0 Å². The van der Waals surface area contributed by atoms with Gasteiger partial charge in [0.15, 0.2) is 0 Å². The molecule has 2 aromatic carbocycles. The second-order valence-electron chi connectivity index (χ2n) is 6.62. The molecule has 5 N–H and O–H groups in total. The molecule has 0 unspecified atom stereocenters. The lowest BCUT2D eigenvalue weighted by Crippen LogP contribution is -2.52. The minimum Gasteiger partial charge on any atom is -0.345 e. The quantitative estimate of drug-likeness (QED) is 0.597. The van der Waals surface area contributed by atoms with Crippen LogP contribution in [0.1, 0.15) is 42.6 Å². The van der Waals surface area contributed by atoms with E-state index >= 15 is 0 Å². The van der Waals surface area contributed by atoms with Crippen LogP contribution in [0.5, 0.6) is 0 Å². The number of rotatable bonds is 7. The predicted molar refractivity (Wildman–Crippen MR) is 110 cm³/mol. The minimum atomic E-state index is -0.416. The zero-order valence-electron chi connectivity index (χ0n) is 16.1.